The molecule has 6 nitrogen and oxygen atoms in total. The number of hydrogen-bond donors (Lipinski definition) is 1. The number of benzene rings is 2. The van der Waals surface area contributed by atoms with Crippen LogP contribution in [0.25, 0.3) is 0 Å². The third-order valence-corrected chi connectivity index (χ3v) is 7.13. The highest BCUT2D eigenvalue weighted by Gasteiger charge is 2.32. The summed E-state index contributed by atoms with van der Waals surface area (Å²) in [5.74, 6) is 0.147. The lowest BCUT2D eigenvalue weighted by Crippen LogP contribution is -2.48. The maximum Gasteiger partial charge on any atom is 0.243 e. The molecule has 0 aromatic heterocycles. The van der Waals surface area contributed by atoms with E-state index < -0.39 is 10.0 Å². The van der Waals surface area contributed by atoms with Crippen molar-refractivity contribution in [3.05, 3.63) is 54.6 Å². The molecule has 0 bridgehead atoms. The molecule has 2 aromatic carbocycles. The second-order valence-electron chi connectivity index (χ2n) is 6.75. The zero-order valence-electron chi connectivity index (χ0n) is 15.9. The molecule has 1 saturated heterocycles. The molecule has 150 valence electrons. The summed E-state index contributed by atoms with van der Waals surface area (Å²) in [4.78, 5) is 13.3. The van der Waals surface area contributed by atoms with E-state index >= 15 is 0 Å². The van der Waals surface area contributed by atoms with Crippen LogP contribution in [0.1, 0.15) is 13.8 Å². The van der Waals surface area contributed by atoms with Crippen molar-refractivity contribution in [2.45, 2.75) is 35.8 Å². The first-order valence-corrected chi connectivity index (χ1v) is 11.5. The lowest BCUT2D eigenvalue weighted by molar-refractivity contribution is -0.113. The van der Waals surface area contributed by atoms with Crippen LogP contribution in [0.15, 0.2) is 64.4 Å². The minimum absolute atomic E-state index is 0.139. The van der Waals surface area contributed by atoms with E-state index in [-0.39, 0.29) is 28.8 Å². The van der Waals surface area contributed by atoms with Crippen molar-refractivity contribution in [2.75, 3.05) is 24.2 Å². The summed E-state index contributed by atoms with van der Waals surface area (Å²) >= 11 is 1.45. The molecule has 8 heteroatoms. The first-order chi connectivity index (χ1) is 13.3. The highest BCUT2D eigenvalue weighted by atomic mass is 32.2. The van der Waals surface area contributed by atoms with Crippen molar-refractivity contribution in [2.24, 2.45) is 0 Å². The molecule has 0 saturated carbocycles. The Bertz CT molecular complexity index is 892. The van der Waals surface area contributed by atoms with E-state index in [1.54, 1.807) is 12.1 Å². The fraction of sp³-hybridized carbons (Fsp3) is 0.350. The molecule has 2 atom stereocenters. The maximum atomic E-state index is 12.9. The van der Waals surface area contributed by atoms with Crippen LogP contribution in [0.2, 0.25) is 0 Å². The fourth-order valence-electron chi connectivity index (χ4n) is 3.05. The van der Waals surface area contributed by atoms with Gasteiger partial charge in [-0.1, -0.05) is 18.2 Å². The molecule has 1 aliphatic heterocycles. The molecule has 1 heterocycles. The number of anilines is 1. The van der Waals surface area contributed by atoms with E-state index in [0.29, 0.717) is 18.8 Å². The summed E-state index contributed by atoms with van der Waals surface area (Å²) in [5, 5.41) is 2.80. The van der Waals surface area contributed by atoms with Crippen LogP contribution in [0, 0.1) is 0 Å². The van der Waals surface area contributed by atoms with Crippen LogP contribution >= 0.6 is 11.8 Å². The number of sulfonamides is 1. The van der Waals surface area contributed by atoms with Gasteiger partial charge in [0.25, 0.3) is 0 Å². The van der Waals surface area contributed by atoms with Gasteiger partial charge in [0.15, 0.2) is 0 Å². The number of carbonyl (C=O) groups excluding carboxylic acids is 1. The smallest absolute Gasteiger partial charge is 0.243 e. The highest BCUT2D eigenvalue weighted by Crippen LogP contribution is 2.23. The number of ether oxygens (including phenoxy) is 1. The predicted octanol–water partition coefficient (Wildman–Crippen LogP) is 3.22. The number of morpholine rings is 1. The van der Waals surface area contributed by atoms with Gasteiger partial charge in [0.2, 0.25) is 15.9 Å². The molecule has 0 spiro atoms. The number of hydrogen-bond acceptors (Lipinski definition) is 5. The molecule has 2 aromatic rings. The molecule has 1 N–H and O–H groups in total. The quantitative estimate of drug-likeness (QED) is 0.727. The highest BCUT2D eigenvalue weighted by molar-refractivity contribution is 8.00. The zero-order valence-corrected chi connectivity index (χ0v) is 17.5. The van der Waals surface area contributed by atoms with Gasteiger partial charge in [-0.25, -0.2) is 8.42 Å². The average Bonchev–Trinajstić information content (AvgIpc) is 2.67. The Hall–Kier alpha value is -1.87. The van der Waals surface area contributed by atoms with Gasteiger partial charge in [-0.15, -0.1) is 11.8 Å². The summed E-state index contributed by atoms with van der Waals surface area (Å²) in [7, 11) is -3.58. The average molecular weight is 421 g/mol. The van der Waals surface area contributed by atoms with Gasteiger partial charge in [0.1, 0.15) is 0 Å². The minimum atomic E-state index is -3.58. The van der Waals surface area contributed by atoms with Crippen molar-refractivity contribution < 1.29 is 17.9 Å². The molecule has 28 heavy (non-hydrogen) atoms. The van der Waals surface area contributed by atoms with Crippen molar-refractivity contribution in [3.63, 3.8) is 0 Å². The number of thioether (sulfide) groups is 1. The molecular formula is C20H24N2O4S2. The lowest BCUT2D eigenvalue weighted by atomic mass is 10.3. The molecule has 3 rings (SSSR count). The van der Waals surface area contributed by atoms with Crippen LogP contribution in [-0.2, 0) is 19.6 Å². The third-order valence-electron chi connectivity index (χ3n) is 4.28. The standard InChI is InChI=1S/C20H24N2O4S2/c1-15-12-22(13-16(2)26-15)28(24,25)19-10-8-17(9-11-19)21-20(23)14-27-18-6-4-3-5-7-18/h3-11,15-16H,12-14H2,1-2H3,(H,21,23). The van der Waals surface area contributed by atoms with Crippen LogP contribution in [-0.4, -0.2) is 49.7 Å². The zero-order chi connectivity index (χ0) is 20.1. The lowest BCUT2D eigenvalue weighted by Gasteiger charge is -2.34. The van der Waals surface area contributed by atoms with Gasteiger partial charge in [-0.05, 0) is 50.2 Å². The molecule has 0 aliphatic carbocycles. The predicted molar refractivity (Wildman–Crippen MR) is 111 cm³/mol. The van der Waals surface area contributed by atoms with Gasteiger partial charge in [-0.3, -0.25) is 4.79 Å². The summed E-state index contributed by atoms with van der Waals surface area (Å²) < 4.78 is 32.8. The summed E-state index contributed by atoms with van der Waals surface area (Å²) in [6.45, 7) is 4.40. The number of rotatable bonds is 6. The van der Waals surface area contributed by atoms with Gasteiger partial charge < -0.3 is 10.1 Å². The van der Waals surface area contributed by atoms with Crippen LogP contribution in [0.3, 0.4) is 0 Å². The van der Waals surface area contributed by atoms with E-state index in [1.807, 2.05) is 44.2 Å². The summed E-state index contributed by atoms with van der Waals surface area (Å²) in [5.41, 5.74) is 0.571. The minimum Gasteiger partial charge on any atom is -0.373 e. The SMILES string of the molecule is CC1CN(S(=O)(=O)c2ccc(NC(=O)CSc3ccccc3)cc2)CC(C)O1. The van der Waals surface area contributed by atoms with Crippen molar-refractivity contribution >= 4 is 33.4 Å². The number of nitrogens with zero attached hydrogens (tertiary/aromatic N) is 1. The second-order valence-corrected chi connectivity index (χ2v) is 9.74. The Morgan fingerprint density at radius 1 is 1.07 bits per heavy atom. The largest absolute Gasteiger partial charge is 0.373 e. The van der Waals surface area contributed by atoms with E-state index in [1.165, 1.54) is 28.2 Å². The monoisotopic (exact) mass is 420 g/mol. The fourth-order valence-corrected chi connectivity index (χ4v) is 5.36. The molecule has 1 aliphatic rings. The maximum absolute atomic E-state index is 12.9. The van der Waals surface area contributed by atoms with E-state index in [2.05, 4.69) is 5.32 Å². The van der Waals surface area contributed by atoms with Crippen LogP contribution in [0.5, 0.6) is 0 Å². The Labute approximate surface area is 170 Å². The number of amides is 1. The van der Waals surface area contributed by atoms with Gasteiger partial charge in [-0.2, -0.15) is 4.31 Å². The van der Waals surface area contributed by atoms with Gasteiger partial charge in [0, 0.05) is 23.7 Å². The number of carbonyl (C=O) groups is 1. The summed E-state index contributed by atoms with van der Waals surface area (Å²) in [6, 6.07) is 16.0. The summed E-state index contributed by atoms with van der Waals surface area (Å²) in [6.07, 6.45) is -0.279. The third kappa shape index (κ3) is 5.35. The Morgan fingerprint density at radius 3 is 2.29 bits per heavy atom. The molecular weight excluding hydrogens is 396 g/mol. The molecule has 1 amide bonds. The van der Waals surface area contributed by atoms with Gasteiger partial charge in [0.05, 0.1) is 22.9 Å². The topological polar surface area (TPSA) is 75.7 Å². The van der Waals surface area contributed by atoms with Crippen molar-refractivity contribution in [3.8, 4) is 0 Å². The van der Waals surface area contributed by atoms with E-state index in [9.17, 15) is 13.2 Å². The Morgan fingerprint density at radius 2 is 1.68 bits per heavy atom. The van der Waals surface area contributed by atoms with Crippen molar-refractivity contribution in [1.29, 1.82) is 0 Å². The van der Waals surface area contributed by atoms with E-state index in [4.69, 9.17) is 4.74 Å². The molecule has 0 radical (unpaired) electrons. The molecule has 1 fully saturated rings. The first kappa shape index (κ1) is 20.9. The van der Waals surface area contributed by atoms with Crippen molar-refractivity contribution in [1.82, 2.24) is 4.31 Å². The molecule has 2 unspecified atom stereocenters. The van der Waals surface area contributed by atoms with Gasteiger partial charge >= 0.3 is 0 Å². The number of nitrogens with one attached hydrogen (secondary N) is 1. The van der Waals surface area contributed by atoms with Crippen LogP contribution < -0.4 is 5.32 Å². The Balaban J connectivity index is 1.60. The first-order valence-electron chi connectivity index (χ1n) is 9.08. The van der Waals surface area contributed by atoms with E-state index in [0.717, 1.165) is 4.90 Å². The second kappa shape index (κ2) is 9.09. The normalized spacial score (nSPS) is 20.6. The Kier molecular flexibility index (Phi) is 6.77. The van der Waals surface area contributed by atoms with Crippen LogP contribution in [0.4, 0.5) is 5.69 Å².